The normalized spacial score (nSPS) is 12.5. The number of carbonyl (C=O) groups is 1. The van der Waals surface area contributed by atoms with E-state index in [0.717, 1.165) is 20.9 Å². The number of para-hydroxylation sites is 1. The first-order chi connectivity index (χ1) is 10.6. The minimum atomic E-state index is -0.836. The van der Waals surface area contributed by atoms with Gasteiger partial charge >= 0.3 is 5.97 Å². The molecule has 1 atom stereocenters. The third-order valence-electron chi connectivity index (χ3n) is 3.37. The number of aromatic amines is 1. The Kier molecular flexibility index (Phi) is 5.99. The molecule has 0 radical (unpaired) electrons. The lowest BCUT2D eigenvalue weighted by molar-refractivity contribution is -0.0979. The maximum atomic E-state index is 12.2. The summed E-state index contributed by atoms with van der Waals surface area (Å²) in [5, 5.41) is 10.7. The van der Waals surface area contributed by atoms with Crippen LogP contribution in [-0.2, 0) is 15.9 Å². The van der Waals surface area contributed by atoms with Crippen LogP contribution in [0.4, 0.5) is 0 Å². The van der Waals surface area contributed by atoms with Gasteiger partial charge in [0.1, 0.15) is 5.69 Å². The number of aryl methyl sites for hydroxylation is 1. The van der Waals surface area contributed by atoms with Gasteiger partial charge in [0.2, 0.25) is 0 Å². The highest BCUT2D eigenvalue weighted by Gasteiger charge is 2.20. The third-order valence-corrected chi connectivity index (χ3v) is 4.03. The van der Waals surface area contributed by atoms with Crippen molar-refractivity contribution >= 4 is 32.8 Å². The average molecular weight is 370 g/mol. The molecular formula is C16H20BrNO4. The molecule has 2 aromatic rings. The van der Waals surface area contributed by atoms with Gasteiger partial charge in [-0.2, -0.15) is 0 Å². The van der Waals surface area contributed by atoms with Gasteiger partial charge in [0.05, 0.1) is 12.1 Å². The zero-order chi connectivity index (χ0) is 16.1. The molecule has 1 heterocycles. The van der Waals surface area contributed by atoms with Crippen LogP contribution in [0.1, 0.15) is 36.3 Å². The SMILES string of the molecule is CCOC(=O)c1[nH]c2c(Br)cccc2c1CCC(O)OCC. The average Bonchev–Trinajstić information content (AvgIpc) is 2.86. The number of aromatic nitrogens is 1. The molecule has 1 aromatic heterocycles. The highest BCUT2D eigenvalue weighted by Crippen LogP contribution is 2.30. The van der Waals surface area contributed by atoms with Crippen LogP contribution >= 0.6 is 15.9 Å². The topological polar surface area (TPSA) is 71.6 Å². The number of benzene rings is 1. The number of aliphatic hydroxyl groups is 1. The Balaban J connectivity index is 2.37. The van der Waals surface area contributed by atoms with E-state index in [4.69, 9.17) is 9.47 Å². The van der Waals surface area contributed by atoms with E-state index >= 15 is 0 Å². The number of halogens is 1. The van der Waals surface area contributed by atoms with Crippen LogP contribution < -0.4 is 0 Å². The van der Waals surface area contributed by atoms with E-state index in [1.54, 1.807) is 6.92 Å². The van der Waals surface area contributed by atoms with Crippen molar-refractivity contribution in [2.75, 3.05) is 13.2 Å². The predicted octanol–water partition coefficient (Wildman–Crippen LogP) is 3.39. The highest BCUT2D eigenvalue weighted by molar-refractivity contribution is 9.10. The van der Waals surface area contributed by atoms with E-state index in [-0.39, 0.29) is 5.97 Å². The van der Waals surface area contributed by atoms with E-state index in [1.807, 2.05) is 25.1 Å². The molecule has 22 heavy (non-hydrogen) atoms. The van der Waals surface area contributed by atoms with Crippen LogP contribution in [0.5, 0.6) is 0 Å². The van der Waals surface area contributed by atoms with Gasteiger partial charge in [-0.15, -0.1) is 0 Å². The largest absolute Gasteiger partial charge is 0.461 e. The summed E-state index contributed by atoms with van der Waals surface area (Å²) in [5.74, 6) is -0.383. The van der Waals surface area contributed by atoms with Gasteiger partial charge in [0, 0.05) is 22.9 Å². The summed E-state index contributed by atoms with van der Waals surface area (Å²) in [7, 11) is 0. The first kappa shape index (κ1) is 17.0. The lowest BCUT2D eigenvalue weighted by Crippen LogP contribution is -2.14. The van der Waals surface area contributed by atoms with Crippen LogP contribution in [-0.4, -0.2) is 35.6 Å². The smallest absolute Gasteiger partial charge is 0.355 e. The maximum absolute atomic E-state index is 12.2. The highest BCUT2D eigenvalue weighted by atomic mass is 79.9. The Morgan fingerprint density at radius 3 is 2.82 bits per heavy atom. The van der Waals surface area contributed by atoms with Gasteiger partial charge in [-0.1, -0.05) is 12.1 Å². The summed E-state index contributed by atoms with van der Waals surface area (Å²) < 4.78 is 11.1. The monoisotopic (exact) mass is 369 g/mol. The van der Waals surface area contributed by atoms with Crippen LogP contribution in [0.2, 0.25) is 0 Å². The fourth-order valence-electron chi connectivity index (χ4n) is 2.42. The summed E-state index contributed by atoms with van der Waals surface area (Å²) in [6, 6.07) is 5.77. The van der Waals surface area contributed by atoms with E-state index < -0.39 is 6.29 Å². The van der Waals surface area contributed by atoms with E-state index in [9.17, 15) is 9.90 Å². The first-order valence-electron chi connectivity index (χ1n) is 7.34. The van der Waals surface area contributed by atoms with Gasteiger partial charge in [-0.25, -0.2) is 4.79 Å². The molecule has 0 bridgehead atoms. The van der Waals surface area contributed by atoms with E-state index in [0.29, 0.717) is 31.7 Å². The quantitative estimate of drug-likeness (QED) is 0.579. The van der Waals surface area contributed by atoms with Crippen molar-refractivity contribution in [1.82, 2.24) is 4.98 Å². The second-order valence-electron chi connectivity index (χ2n) is 4.81. The minimum absolute atomic E-state index is 0.316. The molecule has 0 aliphatic heterocycles. The number of hydrogen-bond donors (Lipinski definition) is 2. The van der Waals surface area contributed by atoms with Crippen molar-refractivity contribution in [2.24, 2.45) is 0 Å². The molecule has 0 aliphatic carbocycles. The summed E-state index contributed by atoms with van der Waals surface area (Å²) in [6.45, 7) is 4.37. The van der Waals surface area contributed by atoms with Crippen LogP contribution in [0, 0.1) is 0 Å². The molecular weight excluding hydrogens is 350 g/mol. The standard InChI is InChI=1S/C16H20BrNO4/c1-3-21-13(19)9-8-11-10-6-5-7-12(17)14(10)18-15(11)16(20)22-4-2/h5-7,13,18-19H,3-4,8-9H2,1-2H3. The molecule has 0 spiro atoms. The lowest BCUT2D eigenvalue weighted by Gasteiger charge is -2.10. The number of rotatable bonds is 7. The van der Waals surface area contributed by atoms with Gasteiger partial charge in [0.15, 0.2) is 6.29 Å². The van der Waals surface area contributed by atoms with Gasteiger partial charge in [-0.05, 0) is 47.8 Å². The zero-order valence-corrected chi connectivity index (χ0v) is 14.3. The number of ether oxygens (including phenoxy) is 2. The molecule has 0 aliphatic rings. The number of hydrogen-bond acceptors (Lipinski definition) is 4. The number of carbonyl (C=O) groups excluding carboxylic acids is 1. The third kappa shape index (κ3) is 3.69. The number of nitrogens with one attached hydrogen (secondary N) is 1. The molecule has 6 heteroatoms. The maximum Gasteiger partial charge on any atom is 0.355 e. The molecule has 1 unspecified atom stereocenters. The van der Waals surface area contributed by atoms with Gasteiger partial charge < -0.3 is 19.6 Å². The van der Waals surface area contributed by atoms with Crippen LogP contribution in [0.3, 0.4) is 0 Å². The Morgan fingerprint density at radius 2 is 2.14 bits per heavy atom. The Bertz CT molecular complexity index is 653. The molecule has 0 fully saturated rings. The molecule has 0 amide bonds. The van der Waals surface area contributed by atoms with Crippen LogP contribution in [0.25, 0.3) is 10.9 Å². The Hall–Kier alpha value is -1.37. The first-order valence-corrected chi connectivity index (χ1v) is 8.13. The number of aliphatic hydroxyl groups excluding tert-OH is 1. The second kappa shape index (κ2) is 7.76. The molecule has 2 rings (SSSR count). The molecule has 2 N–H and O–H groups in total. The number of H-pyrrole nitrogens is 1. The summed E-state index contributed by atoms with van der Waals surface area (Å²) in [4.78, 5) is 15.3. The molecule has 0 saturated carbocycles. The predicted molar refractivity (Wildman–Crippen MR) is 87.9 cm³/mol. The summed E-state index contributed by atoms with van der Waals surface area (Å²) in [6.07, 6.45) is 0.100. The zero-order valence-electron chi connectivity index (χ0n) is 12.7. The second-order valence-corrected chi connectivity index (χ2v) is 5.66. The Labute approximate surface area is 137 Å². The minimum Gasteiger partial charge on any atom is -0.461 e. The van der Waals surface area contributed by atoms with Crippen molar-refractivity contribution in [3.8, 4) is 0 Å². The fraction of sp³-hybridized carbons (Fsp3) is 0.438. The van der Waals surface area contributed by atoms with Crippen molar-refractivity contribution < 1.29 is 19.4 Å². The fourth-order valence-corrected chi connectivity index (χ4v) is 2.88. The van der Waals surface area contributed by atoms with Gasteiger partial charge in [0.25, 0.3) is 0 Å². The molecule has 120 valence electrons. The van der Waals surface area contributed by atoms with Crippen LogP contribution in [0.15, 0.2) is 22.7 Å². The van der Waals surface area contributed by atoms with E-state index in [1.165, 1.54) is 0 Å². The number of esters is 1. The molecule has 0 saturated heterocycles. The van der Waals surface area contributed by atoms with Crippen molar-refractivity contribution in [3.05, 3.63) is 33.9 Å². The van der Waals surface area contributed by atoms with Crippen molar-refractivity contribution in [2.45, 2.75) is 33.0 Å². The summed E-state index contributed by atoms with van der Waals surface area (Å²) in [5.41, 5.74) is 2.13. The van der Waals surface area contributed by atoms with Crippen molar-refractivity contribution in [3.63, 3.8) is 0 Å². The number of fused-ring (bicyclic) bond motifs is 1. The lowest BCUT2D eigenvalue weighted by atomic mass is 10.1. The summed E-state index contributed by atoms with van der Waals surface area (Å²) >= 11 is 3.48. The Morgan fingerprint density at radius 1 is 1.36 bits per heavy atom. The van der Waals surface area contributed by atoms with E-state index in [2.05, 4.69) is 20.9 Å². The van der Waals surface area contributed by atoms with Crippen molar-refractivity contribution in [1.29, 1.82) is 0 Å². The molecule has 5 nitrogen and oxygen atoms in total. The molecule has 1 aromatic carbocycles. The van der Waals surface area contributed by atoms with Gasteiger partial charge in [-0.3, -0.25) is 0 Å².